The van der Waals surface area contributed by atoms with Gasteiger partial charge >= 0.3 is 0 Å². The fourth-order valence-corrected chi connectivity index (χ4v) is 3.50. The molecule has 2 atom stereocenters. The van der Waals surface area contributed by atoms with Crippen LogP contribution < -0.4 is 5.48 Å². The van der Waals surface area contributed by atoms with Crippen LogP contribution in [0.3, 0.4) is 0 Å². The normalized spacial score (nSPS) is 14.5. The summed E-state index contributed by atoms with van der Waals surface area (Å²) >= 11 is 0. The van der Waals surface area contributed by atoms with Crippen molar-refractivity contribution in [2.24, 2.45) is 0 Å². The van der Waals surface area contributed by atoms with Gasteiger partial charge in [-0.2, -0.15) is 0 Å². The minimum absolute atomic E-state index is 0.00108. The summed E-state index contributed by atoms with van der Waals surface area (Å²) in [5, 5.41) is 23.8. The van der Waals surface area contributed by atoms with E-state index in [4.69, 9.17) is 13.8 Å². The summed E-state index contributed by atoms with van der Waals surface area (Å²) in [7, 11) is -2.74. The first-order valence-electron chi connectivity index (χ1n) is 10.2. The molecule has 0 unspecified atom stereocenters. The molecule has 9 nitrogen and oxygen atoms in total. The number of amides is 1. The van der Waals surface area contributed by atoms with Gasteiger partial charge in [-0.15, -0.1) is 0 Å². The third kappa shape index (κ3) is 6.37. The standard InChI is InChI=1S/C23H27N2O7P/c1-23(22(27)24-28,21(26)20-13-19(32-25-20)15-31-33(2,3)29)30-14-16-9-11-18(12-10-16)17-7-5-4-6-8-17/h4-13,21,26,28H,14-15H2,1-3H3,(H,24,27)/t21-,23-/m0/s1. The Morgan fingerprint density at radius 2 is 1.76 bits per heavy atom. The highest BCUT2D eigenvalue weighted by atomic mass is 31.2. The first-order valence-corrected chi connectivity index (χ1v) is 12.7. The van der Waals surface area contributed by atoms with Crippen LogP contribution in [0.15, 0.2) is 65.2 Å². The number of hydrogen-bond donors (Lipinski definition) is 3. The molecule has 0 bridgehead atoms. The molecule has 1 heterocycles. The van der Waals surface area contributed by atoms with E-state index in [9.17, 15) is 19.7 Å². The number of carbonyl (C=O) groups is 1. The second-order valence-electron chi connectivity index (χ2n) is 8.05. The Morgan fingerprint density at radius 1 is 1.12 bits per heavy atom. The summed E-state index contributed by atoms with van der Waals surface area (Å²) in [4.78, 5) is 12.4. The van der Waals surface area contributed by atoms with E-state index in [1.807, 2.05) is 54.6 Å². The van der Waals surface area contributed by atoms with Crippen LogP contribution in [0.4, 0.5) is 0 Å². The van der Waals surface area contributed by atoms with Crippen molar-refractivity contribution in [3.8, 4) is 11.1 Å². The number of nitrogens with zero attached hydrogens (tertiary/aromatic N) is 1. The monoisotopic (exact) mass is 474 g/mol. The molecule has 0 aliphatic heterocycles. The molecule has 3 rings (SSSR count). The minimum atomic E-state index is -2.74. The first kappa shape index (κ1) is 24.8. The average Bonchev–Trinajstić information content (AvgIpc) is 3.30. The number of aliphatic hydroxyl groups excluding tert-OH is 1. The zero-order valence-corrected chi connectivity index (χ0v) is 19.5. The van der Waals surface area contributed by atoms with Gasteiger partial charge in [0, 0.05) is 19.4 Å². The number of aromatic nitrogens is 1. The van der Waals surface area contributed by atoms with Gasteiger partial charge < -0.3 is 18.9 Å². The first-order chi connectivity index (χ1) is 15.6. The second kappa shape index (κ2) is 10.4. The number of benzene rings is 2. The molecule has 3 aromatic rings. The highest BCUT2D eigenvalue weighted by Crippen LogP contribution is 2.38. The number of rotatable bonds is 10. The Bertz CT molecular complexity index is 1110. The second-order valence-corrected chi connectivity index (χ2v) is 10.8. The van der Waals surface area contributed by atoms with Crippen molar-refractivity contribution in [2.75, 3.05) is 13.3 Å². The van der Waals surface area contributed by atoms with E-state index in [2.05, 4.69) is 5.16 Å². The Labute approximate surface area is 191 Å². The van der Waals surface area contributed by atoms with Crippen molar-refractivity contribution < 1.29 is 33.5 Å². The van der Waals surface area contributed by atoms with Gasteiger partial charge in [0.25, 0.3) is 5.91 Å². The van der Waals surface area contributed by atoms with Crippen molar-refractivity contribution in [1.29, 1.82) is 0 Å². The maximum absolute atomic E-state index is 12.4. The largest absolute Gasteiger partial charge is 0.383 e. The van der Waals surface area contributed by atoms with Gasteiger partial charge in [0.15, 0.2) is 18.7 Å². The summed E-state index contributed by atoms with van der Waals surface area (Å²) in [5.74, 6) is -0.737. The predicted octanol–water partition coefficient (Wildman–Crippen LogP) is 3.91. The third-order valence-electron chi connectivity index (χ3n) is 5.05. The Kier molecular flexibility index (Phi) is 7.84. The van der Waals surface area contributed by atoms with Crippen molar-refractivity contribution in [3.63, 3.8) is 0 Å². The molecule has 0 spiro atoms. The lowest BCUT2D eigenvalue weighted by molar-refractivity contribution is -0.174. The number of hydroxylamine groups is 1. The molecule has 0 aliphatic rings. The average molecular weight is 474 g/mol. The molecule has 0 saturated heterocycles. The highest BCUT2D eigenvalue weighted by Gasteiger charge is 2.44. The van der Waals surface area contributed by atoms with Gasteiger partial charge in [-0.1, -0.05) is 59.8 Å². The van der Waals surface area contributed by atoms with Crippen LogP contribution in [-0.2, 0) is 31.8 Å². The third-order valence-corrected chi connectivity index (χ3v) is 5.80. The predicted molar refractivity (Wildman–Crippen MR) is 121 cm³/mol. The fourth-order valence-electron chi connectivity index (χ4n) is 3.06. The maximum Gasteiger partial charge on any atom is 0.278 e. The molecule has 1 aromatic heterocycles. The maximum atomic E-state index is 12.4. The van der Waals surface area contributed by atoms with E-state index >= 15 is 0 Å². The lowest BCUT2D eigenvalue weighted by Crippen LogP contribution is -2.50. The quantitative estimate of drug-likeness (QED) is 0.229. The number of nitrogens with one attached hydrogen (secondary N) is 1. The molecular weight excluding hydrogens is 447 g/mol. The molecular formula is C23H27N2O7P. The van der Waals surface area contributed by atoms with Gasteiger partial charge in [-0.05, 0) is 23.6 Å². The topological polar surface area (TPSA) is 131 Å². The van der Waals surface area contributed by atoms with E-state index < -0.39 is 25.0 Å². The van der Waals surface area contributed by atoms with Crippen molar-refractivity contribution in [2.45, 2.75) is 31.8 Å². The molecule has 176 valence electrons. The molecule has 0 fully saturated rings. The lowest BCUT2D eigenvalue weighted by Gasteiger charge is -2.31. The van der Waals surface area contributed by atoms with Crippen molar-refractivity contribution in [1.82, 2.24) is 10.6 Å². The lowest BCUT2D eigenvalue weighted by atomic mass is 9.95. The van der Waals surface area contributed by atoms with Crippen LogP contribution >= 0.6 is 7.37 Å². The summed E-state index contributed by atoms with van der Waals surface area (Å²) < 4.78 is 27.8. The van der Waals surface area contributed by atoms with Gasteiger partial charge in [-0.3, -0.25) is 14.6 Å². The Morgan fingerprint density at radius 3 is 2.36 bits per heavy atom. The van der Waals surface area contributed by atoms with Crippen LogP contribution in [0.1, 0.15) is 30.0 Å². The Hall–Kier alpha value is -2.81. The molecule has 0 aliphatic carbocycles. The van der Waals surface area contributed by atoms with E-state index in [1.54, 1.807) is 0 Å². The smallest absolute Gasteiger partial charge is 0.278 e. The van der Waals surface area contributed by atoms with E-state index in [0.717, 1.165) is 16.7 Å². The van der Waals surface area contributed by atoms with E-state index in [1.165, 1.54) is 31.8 Å². The van der Waals surface area contributed by atoms with Gasteiger partial charge in [0.05, 0.1) is 6.61 Å². The fraction of sp³-hybridized carbons (Fsp3) is 0.304. The van der Waals surface area contributed by atoms with Crippen LogP contribution in [0.25, 0.3) is 11.1 Å². The zero-order valence-electron chi connectivity index (χ0n) is 18.6. The number of hydrogen-bond acceptors (Lipinski definition) is 8. The zero-order chi connectivity index (χ0) is 24.1. The van der Waals surface area contributed by atoms with Crippen molar-refractivity contribution in [3.05, 3.63) is 77.7 Å². The van der Waals surface area contributed by atoms with E-state index in [0.29, 0.717) is 0 Å². The number of carbonyl (C=O) groups excluding carboxylic acids is 1. The molecule has 1 amide bonds. The number of aliphatic hydroxyl groups is 1. The molecule has 0 radical (unpaired) electrons. The SMILES string of the molecule is C[C@@](OCc1ccc(-c2ccccc2)cc1)(C(=O)NO)[C@@H](O)c1cc(COP(C)(C)=O)on1. The summed E-state index contributed by atoms with van der Waals surface area (Å²) in [6.45, 7) is 4.13. The Balaban J connectivity index is 1.72. The molecule has 3 N–H and O–H groups in total. The molecule has 10 heteroatoms. The van der Waals surface area contributed by atoms with Crippen LogP contribution in [-0.4, -0.2) is 40.3 Å². The molecule has 0 saturated carbocycles. The van der Waals surface area contributed by atoms with E-state index in [-0.39, 0.29) is 24.7 Å². The number of ether oxygens (including phenoxy) is 1. The molecule has 33 heavy (non-hydrogen) atoms. The van der Waals surface area contributed by atoms with Gasteiger partial charge in [0.1, 0.15) is 18.4 Å². The summed E-state index contributed by atoms with van der Waals surface area (Å²) in [6.07, 6.45) is -1.57. The summed E-state index contributed by atoms with van der Waals surface area (Å²) in [6, 6.07) is 18.8. The van der Waals surface area contributed by atoms with Crippen molar-refractivity contribution >= 4 is 13.3 Å². The van der Waals surface area contributed by atoms with Crippen LogP contribution in [0, 0.1) is 0 Å². The minimum Gasteiger partial charge on any atom is -0.383 e. The van der Waals surface area contributed by atoms with Crippen LogP contribution in [0.5, 0.6) is 0 Å². The molecule has 2 aromatic carbocycles. The van der Waals surface area contributed by atoms with Gasteiger partial charge in [0.2, 0.25) is 0 Å². The van der Waals surface area contributed by atoms with Crippen LogP contribution in [0.2, 0.25) is 0 Å². The summed E-state index contributed by atoms with van der Waals surface area (Å²) in [5.41, 5.74) is 2.50. The highest BCUT2D eigenvalue weighted by molar-refractivity contribution is 7.57. The van der Waals surface area contributed by atoms with Gasteiger partial charge in [-0.25, -0.2) is 5.48 Å².